The van der Waals surface area contributed by atoms with Gasteiger partial charge in [0.15, 0.2) is 5.76 Å². The van der Waals surface area contributed by atoms with E-state index >= 15 is 0 Å². The van der Waals surface area contributed by atoms with E-state index < -0.39 is 8.25 Å². The van der Waals surface area contributed by atoms with E-state index in [4.69, 9.17) is 14.2 Å². The molecule has 1 aromatic carbocycles. The lowest BCUT2D eigenvalue weighted by Crippen LogP contribution is -1.88. The minimum absolute atomic E-state index is 0.273. The van der Waals surface area contributed by atoms with Gasteiger partial charge in [0.1, 0.15) is 5.75 Å². The summed E-state index contributed by atoms with van der Waals surface area (Å²) in [5.74, 6) is 0.965. The van der Waals surface area contributed by atoms with Crippen molar-refractivity contribution >= 4 is 20.1 Å². The third-order valence-corrected chi connectivity index (χ3v) is 2.87. The van der Waals surface area contributed by atoms with Crippen LogP contribution in [0.3, 0.4) is 0 Å². The van der Waals surface area contributed by atoms with E-state index in [9.17, 15) is 4.57 Å². The monoisotopic (exact) mass is 290 g/mol. The summed E-state index contributed by atoms with van der Waals surface area (Å²) in [5, 5.41) is 0. The zero-order valence-corrected chi connectivity index (χ0v) is 11.7. The molecule has 1 atom stereocenters. The molecule has 0 aliphatic heterocycles. The van der Waals surface area contributed by atoms with Gasteiger partial charge in [0.2, 0.25) is 0 Å². The van der Waals surface area contributed by atoms with E-state index in [1.807, 2.05) is 18.2 Å². The third kappa shape index (κ3) is 3.88. The van der Waals surface area contributed by atoms with Gasteiger partial charge in [0.05, 0.1) is 7.11 Å². The van der Waals surface area contributed by atoms with Crippen molar-refractivity contribution in [2.45, 2.75) is 0 Å². The van der Waals surface area contributed by atoms with Crippen LogP contribution in [-0.4, -0.2) is 17.0 Å². The summed E-state index contributed by atoms with van der Waals surface area (Å²) < 4.78 is 21.0. The molecule has 2 rings (SSSR count). The largest absolute Gasteiger partial charge is 0.747 e. The van der Waals surface area contributed by atoms with Crippen molar-refractivity contribution in [2.75, 3.05) is 7.11 Å². The quantitative estimate of drug-likeness (QED) is 0.676. The molecule has 102 valence electrons. The minimum atomic E-state index is -2.75. The first-order chi connectivity index (χ1) is 9.69. The van der Waals surface area contributed by atoms with Gasteiger partial charge >= 0.3 is 8.25 Å². The maximum atomic E-state index is 10.9. The number of rotatable bonds is 5. The van der Waals surface area contributed by atoms with Crippen molar-refractivity contribution in [3.05, 3.63) is 59.9 Å². The van der Waals surface area contributed by atoms with Gasteiger partial charge in [-0.25, -0.2) is 4.52 Å². The summed E-state index contributed by atoms with van der Waals surface area (Å²) in [6.45, 7) is 0. The highest BCUT2D eigenvalue weighted by Gasteiger charge is 2.18. The second-order valence-corrected chi connectivity index (χ2v) is 4.51. The Kier molecular flexibility index (Phi) is 4.82. The summed E-state index contributed by atoms with van der Waals surface area (Å²) in [7, 11) is -1.17. The van der Waals surface area contributed by atoms with Crippen LogP contribution in [0.1, 0.15) is 11.1 Å². The Morgan fingerprint density at radius 3 is 2.85 bits per heavy atom. The number of pyridine rings is 1. The normalized spacial score (nSPS) is 11.9. The van der Waals surface area contributed by atoms with Crippen LogP contribution in [0.4, 0.5) is 0 Å². The summed E-state index contributed by atoms with van der Waals surface area (Å²) in [5.41, 5.74) is 1.41. The predicted octanol–water partition coefficient (Wildman–Crippen LogP) is 3.25. The molecule has 1 heterocycles. The molecule has 1 aromatic heterocycles. The fourth-order valence-electron chi connectivity index (χ4n) is 1.64. The van der Waals surface area contributed by atoms with Crippen LogP contribution < -0.4 is 4.74 Å². The Morgan fingerprint density at radius 1 is 1.35 bits per heavy atom. The van der Waals surface area contributed by atoms with E-state index in [0.29, 0.717) is 11.3 Å². The van der Waals surface area contributed by atoms with Crippen molar-refractivity contribution in [3.63, 3.8) is 0 Å². The number of hydrogen-bond donors (Lipinski definition) is 1. The van der Waals surface area contributed by atoms with Gasteiger partial charge in [-0.15, -0.1) is 4.89 Å². The molecule has 0 radical (unpaired) electrons. The lowest BCUT2D eigenvalue weighted by atomic mass is 10.1. The van der Waals surface area contributed by atoms with Gasteiger partial charge in [-0.05, 0) is 35.9 Å². The van der Waals surface area contributed by atoms with E-state index in [1.54, 1.807) is 43.8 Å². The summed E-state index contributed by atoms with van der Waals surface area (Å²) >= 11 is 0. The zero-order valence-electron chi connectivity index (χ0n) is 10.8. The van der Waals surface area contributed by atoms with Crippen molar-refractivity contribution in [1.29, 1.82) is 0 Å². The maximum Gasteiger partial charge on any atom is 0.747 e. The minimum Gasteiger partial charge on any atom is -0.497 e. The van der Waals surface area contributed by atoms with Crippen LogP contribution in [-0.2, 0) is 9.09 Å². The first-order valence-corrected chi connectivity index (χ1v) is 6.92. The van der Waals surface area contributed by atoms with Gasteiger partial charge in [0.25, 0.3) is 0 Å². The van der Waals surface area contributed by atoms with E-state index in [-0.39, 0.29) is 5.76 Å². The molecule has 0 amide bonds. The molecule has 1 N–H and O–H groups in total. The van der Waals surface area contributed by atoms with E-state index in [0.717, 1.165) is 5.56 Å². The molecule has 0 aliphatic carbocycles. The van der Waals surface area contributed by atoms with Crippen LogP contribution in [0.2, 0.25) is 0 Å². The fourth-order valence-corrected chi connectivity index (χ4v) is 1.96. The average Bonchev–Trinajstić information content (AvgIpc) is 2.47. The molecule has 2 aromatic rings. The molecule has 1 unspecified atom stereocenters. The highest BCUT2D eigenvalue weighted by atomic mass is 31.1. The molecule has 0 saturated carbocycles. The van der Waals surface area contributed by atoms with Crippen molar-refractivity contribution in [1.82, 2.24) is 4.98 Å². The predicted molar refractivity (Wildman–Crippen MR) is 76.0 cm³/mol. The molecule has 6 heteroatoms. The standard InChI is InChI=1S/C14H12NO4P/c1-18-13-6-2-4-11(8-13)9-14(19-20(16)17)12-5-3-7-15-10-12/h2-10H,1H3/p+1. The number of benzene rings is 1. The average molecular weight is 290 g/mol. The van der Waals surface area contributed by atoms with Crippen molar-refractivity contribution in [3.8, 4) is 5.75 Å². The lowest BCUT2D eigenvalue weighted by Gasteiger charge is -2.02. The molecule has 0 spiro atoms. The van der Waals surface area contributed by atoms with Crippen molar-refractivity contribution in [2.24, 2.45) is 0 Å². The molecular formula is C14H13NO4P+. The number of hydrogen-bond acceptors (Lipinski definition) is 4. The smallest absolute Gasteiger partial charge is 0.497 e. The van der Waals surface area contributed by atoms with Crippen LogP contribution in [0, 0.1) is 0 Å². The molecule has 0 saturated heterocycles. The molecule has 0 bridgehead atoms. The fraction of sp³-hybridized carbons (Fsp3) is 0.0714. The Balaban J connectivity index is 2.39. The number of ether oxygens (including phenoxy) is 1. The molecule has 0 fully saturated rings. The van der Waals surface area contributed by atoms with Gasteiger partial charge in [-0.1, -0.05) is 12.1 Å². The Labute approximate surface area is 117 Å². The zero-order chi connectivity index (χ0) is 14.4. The Morgan fingerprint density at radius 2 is 2.20 bits per heavy atom. The summed E-state index contributed by atoms with van der Waals surface area (Å²) in [4.78, 5) is 12.9. The first kappa shape index (κ1) is 14.2. The van der Waals surface area contributed by atoms with Crippen molar-refractivity contribution < 1.29 is 18.7 Å². The highest BCUT2D eigenvalue weighted by Crippen LogP contribution is 2.29. The Bertz CT molecular complexity index is 628. The highest BCUT2D eigenvalue weighted by molar-refractivity contribution is 7.32. The SMILES string of the molecule is COc1cccc(C=C(O[P+](=O)O)c2cccnc2)c1. The van der Waals surface area contributed by atoms with Crippen LogP contribution in [0.5, 0.6) is 5.75 Å². The second kappa shape index (κ2) is 6.80. The Hall–Kier alpha value is -2.23. The molecule has 0 aliphatic rings. The third-order valence-electron chi connectivity index (χ3n) is 2.51. The van der Waals surface area contributed by atoms with Gasteiger partial charge in [0, 0.05) is 22.5 Å². The lowest BCUT2D eigenvalue weighted by molar-refractivity contribution is 0.394. The molecule has 20 heavy (non-hydrogen) atoms. The molecule has 5 nitrogen and oxygen atoms in total. The first-order valence-electron chi connectivity index (χ1n) is 5.79. The number of nitrogens with zero attached hydrogens (tertiary/aromatic N) is 1. The van der Waals surface area contributed by atoms with Gasteiger partial charge < -0.3 is 4.74 Å². The number of methoxy groups -OCH3 is 1. The van der Waals surface area contributed by atoms with E-state index in [1.165, 1.54) is 0 Å². The van der Waals surface area contributed by atoms with E-state index in [2.05, 4.69) is 4.98 Å². The van der Waals surface area contributed by atoms with Gasteiger partial charge in [-0.3, -0.25) is 4.98 Å². The van der Waals surface area contributed by atoms with Crippen LogP contribution in [0.25, 0.3) is 11.8 Å². The number of aromatic nitrogens is 1. The topological polar surface area (TPSA) is 68.7 Å². The maximum absolute atomic E-state index is 10.9. The molecular weight excluding hydrogens is 277 g/mol. The second-order valence-electron chi connectivity index (χ2n) is 3.86. The summed E-state index contributed by atoms with van der Waals surface area (Å²) in [6, 6.07) is 10.7. The van der Waals surface area contributed by atoms with Crippen LogP contribution in [0.15, 0.2) is 48.8 Å². The van der Waals surface area contributed by atoms with Gasteiger partial charge in [-0.2, -0.15) is 0 Å². The summed E-state index contributed by atoms with van der Waals surface area (Å²) in [6.07, 6.45) is 4.83. The van der Waals surface area contributed by atoms with Crippen LogP contribution >= 0.6 is 8.25 Å².